The number of fused-ring (bicyclic) bond motifs is 1. The lowest BCUT2D eigenvalue weighted by Gasteiger charge is -2.47. The van der Waals surface area contributed by atoms with Crippen LogP contribution in [-0.2, 0) is 16.0 Å². The molecule has 6 heteroatoms. The summed E-state index contributed by atoms with van der Waals surface area (Å²) in [6, 6.07) is 0.296. The molecular weight excluding hydrogens is 366 g/mol. The van der Waals surface area contributed by atoms with Crippen molar-refractivity contribution in [3.8, 4) is 0 Å². The Morgan fingerprint density at radius 2 is 1.97 bits per heavy atom. The van der Waals surface area contributed by atoms with Gasteiger partial charge in [-0.05, 0) is 51.9 Å². The summed E-state index contributed by atoms with van der Waals surface area (Å²) in [7, 11) is 0. The minimum atomic E-state index is 0.0233. The Morgan fingerprint density at radius 3 is 2.69 bits per heavy atom. The number of hydrogen-bond donors (Lipinski definition) is 1. The molecule has 0 spiro atoms. The van der Waals surface area contributed by atoms with Crippen LogP contribution in [0.25, 0.3) is 0 Å². The zero-order valence-corrected chi connectivity index (χ0v) is 18.0. The summed E-state index contributed by atoms with van der Waals surface area (Å²) < 4.78 is 5.18. The lowest BCUT2D eigenvalue weighted by molar-refractivity contribution is -0.143. The number of likely N-dealkylation sites (tertiary alicyclic amines) is 1. The van der Waals surface area contributed by atoms with E-state index in [9.17, 15) is 9.59 Å². The van der Waals surface area contributed by atoms with Crippen molar-refractivity contribution in [2.45, 2.75) is 90.5 Å². The number of aromatic nitrogens is 1. The van der Waals surface area contributed by atoms with Gasteiger partial charge in [-0.15, -0.1) is 0 Å². The summed E-state index contributed by atoms with van der Waals surface area (Å²) in [6.07, 6.45) is 11.7. The van der Waals surface area contributed by atoms with Gasteiger partial charge in [-0.25, -0.2) is 0 Å². The molecule has 6 nitrogen and oxygen atoms in total. The maximum Gasteiger partial charge on any atom is 0.224 e. The molecule has 3 aliphatic rings. The van der Waals surface area contributed by atoms with Crippen molar-refractivity contribution in [2.24, 2.45) is 11.3 Å². The summed E-state index contributed by atoms with van der Waals surface area (Å²) in [5.74, 6) is 1.74. The van der Waals surface area contributed by atoms with Crippen LogP contribution in [0.2, 0.25) is 0 Å². The zero-order valence-electron chi connectivity index (χ0n) is 18.0. The highest BCUT2D eigenvalue weighted by Crippen LogP contribution is 2.48. The zero-order chi connectivity index (χ0) is 20.4. The van der Waals surface area contributed by atoms with E-state index in [-0.39, 0.29) is 11.3 Å². The number of piperidine rings is 1. The van der Waals surface area contributed by atoms with Crippen molar-refractivity contribution >= 4 is 11.8 Å². The summed E-state index contributed by atoms with van der Waals surface area (Å²) in [4.78, 5) is 27.7. The number of aryl methyl sites for hydroxylation is 2. The Labute approximate surface area is 173 Å². The SMILES string of the molecule is Cc1noc(C)c1CC(=O)NC[C@@]12CCC[C@H]1N(CC1CCCCC1)C(=O)CC2. The molecule has 0 aromatic carbocycles. The smallest absolute Gasteiger partial charge is 0.224 e. The third kappa shape index (κ3) is 4.22. The summed E-state index contributed by atoms with van der Waals surface area (Å²) in [5, 5.41) is 7.15. The Kier molecular flexibility index (Phi) is 5.98. The standard InChI is InChI=1S/C23H35N3O3/c1-16-19(17(2)29-25-16)13-21(27)24-15-23-11-6-9-20(23)26(22(28)10-12-23)14-18-7-4-3-5-8-18/h18,20H,3-15H2,1-2H3,(H,24,27)/t20-,23+/m1/s1. The van der Waals surface area contributed by atoms with Gasteiger partial charge in [-0.1, -0.05) is 30.8 Å². The maximum atomic E-state index is 12.8. The van der Waals surface area contributed by atoms with Crippen molar-refractivity contribution in [3.63, 3.8) is 0 Å². The molecule has 2 atom stereocenters. The number of hydrogen-bond acceptors (Lipinski definition) is 4. The minimum absolute atomic E-state index is 0.0233. The highest BCUT2D eigenvalue weighted by molar-refractivity contribution is 5.80. The van der Waals surface area contributed by atoms with Crippen LogP contribution in [0.15, 0.2) is 4.52 Å². The average molecular weight is 402 g/mol. The second-order valence-corrected chi connectivity index (χ2v) is 9.58. The van der Waals surface area contributed by atoms with Gasteiger partial charge >= 0.3 is 0 Å². The number of rotatable bonds is 6. The fraction of sp³-hybridized carbons (Fsp3) is 0.783. The highest BCUT2D eigenvalue weighted by atomic mass is 16.5. The maximum absolute atomic E-state index is 12.8. The molecule has 160 valence electrons. The molecule has 3 fully saturated rings. The van der Waals surface area contributed by atoms with E-state index >= 15 is 0 Å². The van der Waals surface area contributed by atoms with Gasteiger partial charge in [0.05, 0.1) is 12.1 Å². The van der Waals surface area contributed by atoms with Gasteiger partial charge < -0.3 is 14.7 Å². The van der Waals surface area contributed by atoms with Crippen LogP contribution in [0.5, 0.6) is 0 Å². The second kappa shape index (κ2) is 8.49. The van der Waals surface area contributed by atoms with E-state index in [1.54, 1.807) is 0 Å². The first-order valence-corrected chi connectivity index (χ1v) is 11.5. The number of nitrogens with one attached hydrogen (secondary N) is 1. The Hall–Kier alpha value is -1.85. The molecule has 2 heterocycles. The fourth-order valence-electron chi connectivity index (χ4n) is 6.00. The van der Waals surface area contributed by atoms with Crippen molar-refractivity contribution < 1.29 is 14.1 Å². The lowest BCUT2D eigenvalue weighted by atomic mass is 9.74. The highest BCUT2D eigenvalue weighted by Gasteiger charge is 2.50. The Bertz CT molecular complexity index is 733. The second-order valence-electron chi connectivity index (χ2n) is 9.58. The van der Waals surface area contributed by atoms with Crippen LogP contribution >= 0.6 is 0 Å². The van der Waals surface area contributed by atoms with E-state index in [1.165, 1.54) is 32.1 Å². The van der Waals surface area contributed by atoms with Gasteiger partial charge in [0.15, 0.2) is 0 Å². The molecule has 1 saturated heterocycles. The number of carbonyl (C=O) groups is 2. The van der Waals surface area contributed by atoms with Gasteiger partial charge in [0.1, 0.15) is 5.76 Å². The van der Waals surface area contributed by atoms with Crippen molar-refractivity contribution in [3.05, 3.63) is 17.0 Å². The Balaban J connectivity index is 1.40. The van der Waals surface area contributed by atoms with Crippen LogP contribution in [0, 0.1) is 25.2 Å². The van der Waals surface area contributed by atoms with Crippen molar-refractivity contribution in [2.75, 3.05) is 13.1 Å². The lowest BCUT2D eigenvalue weighted by Crippen LogP contribution is -2.57. The number of nitrogens with zero attached hydrogens (tertiary/aromatic N) is 2. The van der Waals surface area contributed by atoms with E-state index in [0.29, 0.717) is 37.3 Å². The van der Waals surface area contributed by atoms with E-state index in [2.05, 4.69) is 15.4 Å². The summed E-state index contributed by atoms with van der Waals surface area (Å²) in [6.45, 7) is 5.33. The molecule has 0 bridgehead atoms. The first kappa shape index (κ1) is 20.4. The summed E-state index contributed by atoms with van der Waals surface area (Å²) in [5.41, 5.74) is 1.73. The monoisotopic (exact) mass is 401 g/mol. The largest absolute Gasteiger partial charge is 0.361 e. The predicted octanol–water partition coefficient (Wildman–Crippen LogP) is 3.69. The molecule has 2 amide bonds. The van der Waals surface area contributed by atoms with Crippen LogP contribution in [0.1, 0.15) is 81.2 Å². The molecule has 1 aromatic heterocycles. The molecule has 1 aliphatic heterocycles. The van der Waals surface area contributed by atoms with Gasteiger partial charge in [-0.2, -0.15) is 0 Å². The van der Waals surface area contributed by atoms with E-state index in [4.69, 9.17) is 4.52 Å². The van der Waals surface area contributed by atoms with Gasteiger partial charge in [0, 0.05) is 36.5 Å². The first-order chi connectivity index (χ1) is 14.0. The van der Waals surface area contributed by atoms with Gasteiger partial charge in [0.2, 0.25) is 11.8 Å². The predicted molar refractivity (Wildman–Crippen MR) is 110 cm³/mol. The molecule has 1 aromatic rings. The molecular formula is C23H35N3O3. The molecule has 0 radical (unpaired) electrons. The first-order valence-electron chi connectivity index (χ1n) is 11.5. The molecule has 29 heavy (non-hydrogen) atoms. The minimum Gasteiger partial charge on any atom is -0.361 e. The Morgan fingerprint density at radius 1 is 1.17 bits per heavy atom. The number of carbonyl (C=O) groups excluding carboxylic acids is 2. The average Bonchev–Trinajstić information content (AvgIpc) is 3.29. The third-order valence-electron chi connectivity index (χ3n) is 7.73. The molecule has 1 N–H and O–H groups in total. The molecule has 2 aliphatic carbocycles. The van der Waals surface area contributed by atoms with Crippen LogP contribution in [0.3, 0.4) is 0 Å². The van der Waals surface area contributed by atoms with E-state index < -0.39 is 0 Å². The molecule has 0 unspecified atom stereocenters. The van der Waals surface area contributed by atoms with Crippen LogP contribution in [-0.4, -0.2) is 41.0 Å². The fourth-order valence-corrected chi connectivity index (χ4v) is 6.00. The van der Waals surface area contributed by atoms with E-state index in [1.807, 2.05) is 13.8 Å². The van der Waals surface area contributed by atoms with Crippen LogP contribution in [0.4, 0.5) is 0 Å². The molecule has 2 saturated carbocycles. The summed E-state index contributed by atoms with van der Waals surface area (Å²) >= 11 is 0. The quantitative estimate of drug-likeness (QED) is 0.789. The van der Waals surface area contributed by atoms with Gasteiger partial charge in [-0.3, -0.25) is 9.59 Å². The van der Waals surface area contributed by atoms with E-state index in [0.717, 1.165) is 49.2 Å². The topological polar surface area (TPSA) is 75.4 Å². The number of amides is 2. The van der Waals surface area contributed by atoms with Crippen molar-refractivity contribution in [1.29, 1.82) is 0 Å². The normalized spacial score (nSPS) is 27.9. The van der Waals surface area contributed by atoms with Crippen molar-refractivity contribution in [1.82, 2.24) is 15.4 Å². The van der Waals surface area contributed by atoms with Crippen LogP contribution < -0.4 is 5.32 Å². The molecule has 4 rings (SSSR count). The third-order valence-corrected chi connectivity index (χ3v) is 7.73. The van der Waals surface area contributed by atoms with Gasteiger partial charge in [0.25, 0.3) is 0 Å².